The summed E-state index contributed by atoms with van der Waals surface area (Å²) in [5.74, 6) is 0. The highest BCUT2D eigenvalue weighted by molar-refractivity contribution is 7.15. The van der Waals surface area contributed by atoms with Gasteiger partial charge in [0, 0.05) is 23.5 Å². The number of thiazole rings is 2. The van der Waals surface area contributed by atoms with Gasteiger partial charge in [0.1, 0.15) is 0 Å². The lowest BCUT2D eigenvalue weighted by Crippen LogP contribution is -1.96. The Balaban J connectivity index is 1.29. The van der Waals surface area contributed by atoms with Crippen LogP contribution in [0.15, 0.2) is 146 Å². The Hall–Kier alpha value is -6.08. The minimum absolute atomic E-state index is 0.941. The van der Waals surface area contributed by atoms with Crippen molar-refractivity contribution in [2.45, 2.75) is 13.8 Å². The maximum atomic E-state index is 5.26. The first-order valence-electron chi connectivity index (χ1n) is 17.3. The van der Waals surface area contributed by atoms with Crippen LogP contribution < -0.4 is 0 Å². The smallest absolute Gasteiger partial charge is 0.0901 e. The normalized spacial score (nSPS) is 11.7. The van der Waals surface area contributed by atoms with Crippen molar-refractivity contribution in [3.05, 3.63) is 156 Å². The van der Waals surface area contributed by atoms with Crippen molar-refractivity contribution in [2.75, 3.05) is 0 Å². The van der Waals surface area contributed by atoms with Gasteiger partial charge in [-0.15, -0.1) is 22.7 Å². The van der Waals surface area contributed by atoms with Gasteiger partial charge in [-0.05, 0) is 92.3 Å². The summed E-state index contributed by atoms with van der Waals surface area (Å²) in [5.41, 5.74) is 8.52. The van der Waals surface area contributed by atoms with Crippen LogP contribution in [0.2, 0.25) is 0 Å². The number of hydrogen-bond donors (Lipinski definition) is 0. The Bertz CT molecular complexity index is 2690. The van der Waals surface area contributed by atoms with Crippen molar-refractivity contribution in [2.24, 2.45) is 0 Å². The molecule has 0 aliphatic heterocycles. The predicted molar refractivity (Wildman–Crippen MR) is 220 cm³/mol. The summed E-state index contributed by atoms with van der Waals surface area (Å²) in [4.78, 5) is 21.7. The first-order chi connectivity index (χ1) is 25.6. The minimum atomic E-state index is 0.941. The summed E-state index contributed by atoms with van der Waals surface area (Å²) in [6, 6.07) is 48.0. The number of fused-ring (bicyclic) bond motifs is 4. The lowest BCUT2D eigenvalue weighted by atomic mass is 9.82. The van der Waals surface area contributed by atoms with Crippen LogP contribution in [-0.4, -0.2) is 19.9 Å². The zero-order valence-corrected chi connectivity index (χ0v) is 30.1. The Labute approximate surface area is 308 Å². The number of aromatic nitrogens is 4. The van der Waals surface area contributed by atoms with E-state index in [0.29, 0.717) is 0 Å². The van der Waals surface area contributed by atoms with Gasteiger partial charge in [-0.2, -0.15) is 0 Å². The van der Waals surface area contributed by atoms with Crippen molar-refractivity contribution < 1.29 is 0 Å². The molecule has 0 bridgehead atoms. The zero-order valence-electron chi connectivity index (χ0n) is 28.5. The lowest BCUT2D eigenvalue weighted by molar-refractivity contribution is 1.29. The maximum Gasteiger partial charge on any atom is 0.0901 e. The van der Waals surface area contributed by atoms with Gasteiger partial charge in [0.15, 0.2) is 0 Å². The number of pyridine rings is 2. The van der Waals surface area contributed by atoms with E-state index in [2.05, 4.69) is 143 Å². The molecular weight excluding hydrogens is 673 g/mol. The summed E-state index contributed by atoms with van der Waals surface area (Å²) in [5, 5.41) is 11.5. The summed E-state index contributed by atoms with van der Waals surface area (Å²) in [7, 11) is 0. The molecule has 10 aromatic rings. The van der Waals surface area contributed by atoms with Crippen LogP contribution in [-0.2, 0) is 0 Å². The van der Waals surface area contributed by atoms with Crippen molar-refractivity contribution >= 4 is 65.8 Å². The SMILES string of the molecule is Cc1ncc(-c2cccc(-c3c4ccccc4c(-c4c5ccccc5c(-c5cccc(-c6cnc(C)s6)n5)c5ccccc45)c4ccccc34)n2)s1. The fourth-order valence-corrected chi connectivity index (χ4v) is 9.22. The van der Waals surface area contributed by atoms with Gasteiger partial charge in [0.05, 0.1) is 42.5 Å². The Morgan fingerprint density at radius 2 is 0.615 bits per heavy atom. The van der Waals surface area contributed by atoms with Crippen LogP contribution in [0.25, 0.3) is 97.9 Å². The average Bonchev–Trinajstić information content (AvgIpc) is 3.84. The van der Waals surface area contributed by atoms with E-state index in [1.165, 1.54) is 54.2 Å². The van der Waals surface area contributed by atoms with Gasteiger partial charge in [-0.1, -0.05) is 109 Å². The molecule has 0 radical (unpaired) electrons. The van der Waals surface area contributed by atoms with Crippen molar-refractivity contribution in [3.63, 3.8) is 0 Å². The second-order valence-electron chi connectivity index (χ2n) is 13.0. The molecule has 0 fully saturated rings. The molecule has 246 valence electrons. The molecule has 0 amide bonds. The molecule has 0 aliphatic carbocycles. The molecule has 52 heavy (non-hydrogen) atoms. The Morgan fingerprint density at radius 1 is 0.327 bits per heavy atom. The first kappa shape index (κ1) is 30.7. The van der Waals surface area contributed by atoms with Gasteiger partial charge < -0.3 is 0 Å². The topological polar surface area (TPSA) is 51.6 Å². The van der Waals surface area contributed by atoms with E-state index in [0.717, 1.165) is 53.7 Å². The molecule has 6 aromatic carbocycles. The molecule has 0 spiro atoms. The second kappa shape index (κ2) is 12.3. The summed E-state index contributed by atoms with van der Waals surface area (Å²) < 4.78 is 0. The summed E-state index contributed by atoms with van der Waals surface area (Å²) in [6.07, 6.45) is 3.86. The fraction of sp³-hybridized carbons (Fsp3) is 0.0435. The highest BCUT2D eigenvalue weighted by atomic mass is 32.1. The largest absolute Gasteiger partial charge is 0.249 e. The number of rotatable bonds is 5. The lowest BCUT2D eigenvalue weighted by Gasteiger charge is -2.22. The van der Waals surface area contributed by atoms with E-state index in [1.54, 1.807) is 22.7 Å². The van der Waals surface area contributed by atoms with Crippen LogP contribution in [0.4, 0.5) is 0 Å². The number of nitrogens with zero attached hydrogens (tertiary/aromatic N) is 4. The van der Waals surface area contributed by atoms with Crippen LogP contribution in [0.3, 0.4) is 0 Å². The standard InChI is InChI=1S/C46H30N4S2/c1-27-47-25-41(51-27)37-21-11-23-39(49-37)43-29-13-3-7-17-33(29)45(34-18-8-4-14-30(34)43)46-35-19-9-5-15-31(35)44(32-16-6-10-20-36(32)46)40-24-12-22-38(50-40)42-26-48-28(2)52-42/h3-26H,1-2H3. The molecule has 6 heteroatoms. The molecule has 10 rings (SSSR count). The molecule has 0 N–H and O–H groups in total. The number of hydrogen-bond acceptors (Lipinski definition) is 6. The minimum Gasteiger partial charge on any atom is -0.249 e. The van der Waals surface area contributed by atoms with E-state index in [1.807, 2.05) is 26.2 Å². The molecule has 0 aliphatic rings. The Kier molecular flexibility index (Phi) is 7.27. The molecule has 0 atom stereocenters. The van der Waals surface area contributed by atoms with E-state index < -0.39 is 0 Å². The fourth-order valence-electron chi connectivity index (χ4n) is 7.73. The van der Waals surface area contributed by atoms with Gasteiger partial charge >= 0.3 is 0 Å². The maximum absolute atomic E-state index is 5.26. The van der Waals surface area contributed by atoms with E-state index in [4.69, 9.17) is 9.97 Å². The molecule has 0 saturated heterocycles. The third-order valence-electron chi connectivity index (χ3n) is 9.87. The van der Waals surface area contributed by atoms with Crippen LogP contribution in [0, 0.1) is 13.8 Å². The van der Waals surface area contributed by atoms with E-state index >= 15 is 0 Å². The van der Waals surface area contributed by atoms with Crippen molar-refractivity contribution in [1.82, 2.24) is 19.9 Å². The van der Waals surface area contributed by atoms with E-state index in [-0.39, 0.29) is 0 Å². The quantitative estimate of drug-likeness (QED) is 0.168. The number of benzene rings is 6. The highest BCUT2D eigenvalue weighted by Crippen LogP contribution is 2.49. The molecule has 0 unspecified atom stereocenters. The monoisotopic (exact) mass is 702 g/mol. The van der Waals surface area contributed by atoms with Gasteiger partial charge in [-0.25, -0.2) is 19.9 Å². The molecule has 4 nitrogen and oxygen atoms in total. The molecule has 4 heterocycles. The van der Waals surface area contributed by atoms with Crippen LogP contribution in [0.5, 0.6) is 0 Å². The third kappa shape index (κ3) is 4.94. The summed E-state index contributed by atoms with van der Waals surface area (Å²) >= 11 is 3.35. The molecule has 0 saturated carbocycles. The average molecular weight is 703 g/mol. The Morgan fingerprint density at radius 3 is 0.904 bits per heavy atom. The van der Waals surface area contributed by atoms with E-state index in [9.17, 15) is 0 Å². The molecule has 4 aromatic heterocycles. The predicted octanol–water partition coefficient (Wildman–Crippen LogP) is 13.0. The van der Waals surface area contributed by atoms with Crippen LogP contribution in [0.1, 0.15) is 10.0 Å². The van der Waals surface area contributed by atoms with Gasteiger partial charge in [0.25, 0.3) is 0 Å². The second-order valence-corrected chi connectivity index (χ2v) is 15.5. The summed E-state index contributed by atoms with van der Waals surface area (Å²) in [6.45, 7) is 4.07. The number of aryl methyl sites for hydroxylation is 2. The van der Waals surface area contributed by atoms with Gasteiger partial charge in [-0.3, -0.25) is 0 Å². The zero-order chi connectivity index (χ0) is 34.8. The van der Waals surface area contributed by atoms with Crippen molar-refractivity contribution in [3.8, 4) is 54.8 Å². The molecular formula is C46H30N4S2. The third-order valence-corrected chi connectivity index (χ3v) is 11.7. The van der Waals surface area contributed by atoms with Crippen LogP contribution >= 0.6 is 22.7 Å². The highest BCUT2D eigenvalue weighted by Gasteiger charge is 2.23. The van der Waals surface area contributed by atoms with Crippen molar-refractivity contribution in [1.29, 1.82) is 0 Å². The first-order valence-corrected chi connectivity index (χ1v) is 18.9. The van der Waals surface area contributed by atoms with Gasteiger partial charge in [0.2, 0.25) is 0 Å².